The van der Waals surface area contributed by atoms with Gasteiger partial charge in [0.15, 0.2) is 0 Å². The Kier molecular flexibility index (Phi) is 4.72. The number of hydrogen-bond acceptors (Lipinski definition) is 4. The van der Waals surface area contributed by atoms with Crippen LogP contribution >= 0.6 is 0 Å². The van der Waals surface area contributed by atoms with Crippen LogP contribution in [0.3, 0.4) is 0 Å². The van der Waals surface area contributed by atoms with Crippen molar-refractivity contribution in [3.8, 4) is 5.88 Å². The normalized spacial score (nSPS) is 11.9. The molecule has 1 aromatic heterocycles. The van der Waals surface area contributed by atoms with Crippen LogP contribution in [0, 0.1) is 0 Å². The molecule has 1 heterocycles. The lowest BCUT2D eigenvalue weighted by Crippen LogP contribution is -2.32. The molecule has 0 fully saturated rings. The van der Waals surface area contributed by atoms with Crippen molar-refractivity contribution in [3.63, 3.8) is 0 Å². The van der Waals surface area contributed by atoms with Crippen LogP contribution in [-0.2, 0) is 0 Å². The highest BCUT2D eigenvalue weighted by molar-refractivity contribution is 5.96. The van der Waals surface area contributed by atoms with Crippen molar-refractivity contribution in [2.75, 3.05) is 13.7 Å². The number of nitrogens with one attached hydrogen (secondary N) is 1. The van der Waals surface area contributed by atoms with E-state index in [2.05, 4.69) is 10.3 Å². The van der Waals surface area contributed by atoms with Crippen molar-refractivity contribution in [2.45, 2.75) is 19.4 Å². The van der Waals surface area contributed by atoms with Gasteiger partial charge in [0.25, 0.3) is 5.91 Å². The molecule has 0 radical (unpaired) electrons. The van der Waals surface area contributed by atoms with Crippen LogP contribution in [0.25, 0.3) is 0 Å². The number of aliphatic hydroxyl groups excluding tert-OH is 1. The molecule has 1 atom stereocenters. The lowest BCUT2D eigenvalue weighted by molar-refractivity contribution is 0.0910. The molecule has 0 aliphatic rings. The molecule has 0 saturated heterocycles. The maximum Gasteiger partial charge on any atom is 0.256 e. The minimum atomic E-state index is -0.522. The molecule has 2 N–H and O–H groups in total. The minimum absolute atomic E-state index is 0.230. The minimum Gasteiger partial charge on any atom is -0.480 e. The molecule has 0 spiro atoms. The molecular formula is C11H16N2O3. The van der Waals surface area contributed by atoms with Gasteiger partial charge in [-0.2, -0.15) is 0 Å². The van der Waals surface area contributed by atoms with Crippen molar-refractivity contribution in [1.82, 2.24) is 10.3 Å². The van der Waals surface area contributed by atoms with E-state index in [-0.39, 0.29) is 18.3 Å². The average Bonchev–Trinajstić information content (AvgIpc) is 2.35. The van der Waals surface area contributed by atoms with Crippen molar-refractivity contribution in [1.29, 1.82) is 0 Å². The van der Waals surface area contributed by atoms with E-state index >= 15 is 0 Å². The van der Waals surface area contributed by atoms with Crippen molar-refractivity contribution >= 4 is 5.91 Å². The van der Waals surface area contributed by atoms with Crippen molar-refractivity contribution in [3.05, 3.63) is 23.9 Å². The van der Waals surface area contributed by atoms with Gasteiger partial charge in [-0.3, -0.25) is 4.79 Å². The maximum absolute atomic E-state index is 11.7. The van der Waals surface area contributed by atoms with E-state index in [1.165, 1.54) is 7.11 Å². The molecule has 5 nitrogen and oxygen atoms in total. The van der Waals surface area contributed by atoms with Gasteiger partial charge in [0, 0.05) is 12.7 Å². The van der Waals surface area contributed by atoms with Gasteiger partial charge < -0.3 is 15.2 Å². The molecule has 0 aliphatic carbocycles. The number of rotatable bonds is 5. The van der Waals surface area contributed by atoms with Crippen LogP contribution < -0.4 is 10.1 Å². The van der Waals surface area contributed by atoms with Gasteiger partial charge in [-0.25, -0.2) is 4.98 Å². The lowest BCUT2D eigenvalue weighted by Gasteiger charge is -2.10. The van der Waals surface area contributed by atoms with E-state index in [0.717, 1.165) is 0 Å². The smallest absolute Gasteiger partial charge is 0.256 e. The third kappa shape index (κ3) is 3.20. The summed E-state index contributed by atoms with van der Waals surface area (Å²) in [4.78, 5) is 15.6. The van der Waals surface area contributed by atoms with Crippen LogP contribution in [0.15, 0.2) is 18.3 Å². The number of carbonyl (C=O) groups is 1. The first-order valence-corrected chi connectivity index (χ1v) is 5.14. The molecule has 5 heteroatoms. The van der Waals surface area contributed by atoms with Crippen LogP contribution in [0.4, 0.5) is 0 Å². The van der Waals surface area contributed by atoms with Gasteiger partial charge in [-0.15, -0.1) is 0 Å². The molecule has 16 heavy (non-hydrogen) atoms. The number of aliphatic hydroxyl groups is 1. The predicted octanol–water partition coefficient (Wildman–Crippen LogP) is 0.591. The Bertz CT molecular complexity index is 355. The molecular weight excluding hydrogens is 208 g/mol. The third-order valence-corrected chi connectivity index (χ3v) is 2.18. The number of amides is 1. The van der Waals surface area contributed by atoms with E-state index in [1.54, 1.807) is 18.3 Å². The summed E-state index contributed by atoms with van der Waals surface area (Å²) in [5.41, 5.74) is 0.369. The van der Waals surface area contributed by atoms with Gasteiger partial charge in [0.05, 0.1) is 13.2 Å². The number of methoxy groups -OCH3 is 1. The van der Waals surface area contributed by atoms with Crippen LogP contribution in [-0.4, -0.2) is 35.8 Å². The fraction of sp³-hybridized carbons (Fsp3) is 0.455. The first-order valence-electron chi connectivity index (χ1n) is 5.14. The van der Waals surface area contributed by atoms with E-state index < -0.39 is 6.10 Å². The van der Waals surface area contributed by atoms with E-state index in [9.17, 15) is 9.90 Å². The maximum atomic E-state index is 11.7. The zero-order valence-electron chi connectivity index (χ0n) is 9.43. The summed E-state index contributed by atoms with van der Waals surface area (Å²) in [7, 11) is 1.46. The summed E-state index contributed by atoms with van der Waals surface area (Å²) in [6, 6.07) is 3.28. The van der Waals surface area contributed by atoms with Gasteiger partial charge in [-0.1, -0.05) is 6.92 Å². The topological polar surface area (TPSA) is 71.5 Å². The summed E-state index contributed by atoms with van der Waals surface area (Å²) < 4.78 is 4.97. The number of aromatic nitrogens is 1. The monoisotopic (exact) mass is 224 g/mol. The Morgan fingerprint density at radius 3 is 3.06 bits per heavy atom. The Labute approximate surface area is 94.5 Å². The summed E-state index contributed by atoms with van der Waals surface area (Å²) in [5.74, 6) is -0.0107. The van der Waals surface area contributed by atoms with Gasteiger partial charge in [-0.05, 0) is 18.6 Å². The number of hydrogen-bond donors (Lipinski definition) is 2. The predicted molar refractivity (Wildman–Crippen MR) is 59.4 cm³/mol. The highest BCUT2D eigenvalue weighted by Crippen LogP contribution is 2.12. The third-order valence-electron chi connectivity index (χ3n) is 2.18. The average molecular weight is 224 g/mol. The number of carbonyl (C=O) groups excluding carboxylic acids is 1. The molecule has 1 unspecified atom stereocenters. The summed E-state index contributed by atoms with van der Waals surface area (Å²) in [6.07, 6.45) is 1.63. The largest absolute Gasteiger partial charge is 0.480 e. The SMILES string of the molecule is CCC(O)CNC(=O)c1cccnc1OC. The highest BCUT2D eigenvalue weighted by atomic mass is 16.5. The summed E-state index contributed by atoms with van der Waals surface area (Å²) >= 11 is 0. The standard InChI is InChI=1S/C11H16N2O3/c1-3-8(14)7-13-10(15)9-5-4-6-12-11(9)16-2/h4-6,8,14H,3,7H2,1-2H3,(H,13,15). The van der Waals surface area contributed by atoms with Gasteiger partial charge in [0.2, 0.25) is 5.88 Å². The second kappa shape index (κ2) is 6.07. The van der Waals surface area contributed by atoms with Crippen molar-refractivity contribution < 1.29 is 14.6 Å². The second-order valence-electron chi connectivity index (χ2n) is 3.33. The molecule has 1 rings (SSSR count). The van der Waals surface area contributed by atoms with Crippen LogP contribution in [0.5, 0.6) is 5.88 Å². The number of nitrogens with zero attached hydrogens (tertiary/aromatic N) is 1. The van der Waals surface area contributed by atoms with Gasteiger partial charge >= 0.3 is 0 Å². The summed E-state index contributed by atoms with van der Waals surface area (Å²) in [5, 5.41) is 11.9. The highest BCUT2D eigenvalue weighted by Gasteiger charge is 2.13. The zero-order chi connectivity index (χ0) is 12.0. The molecule has 0 saturated carbocycles. The Morgan fingerprint density at radius 2 is 2.44 bits per heavy atom. The quantitative estimate of drug-likeness (QED) is 0.768. The zero-order valence-corrected chi connectivity index (χ0v) is 9.43. The Hall–Kier alpha value is -1.62. The van der Waals surface area contributed by atoms with E-state index in [4.69, 9.17) is 4.74 Å². The summed E-state index contributed by atoms with van der Waals surface area (Å²) in [6.45, 7) is 2.08. The fourth-order valence-electron chi connectivity index (χ4n) is 1.18. The van der Waals surface area contributed by atoms with Crippen molar-refractivity contribution in [2.24, 2.45) is 0 Å². The van der Waals surface area contributed by atoms with Gasteiger partial charge in [0.1, 0.15) is 5.56 Å². The first kappa shape index (κ1) is 12.4. The Morgan fingerprint density at radius 1 is 1.69 bits per heavy atom. The van der Waals surface area contributed by atoms with E-state index in [1.807, 2.05) is 6.92 Å². The fourth-order valence-corrected chi connectivity index (χ4v) is 1.18. The molecule has 0 aromatic carbocycles. The molecule has 1 amide bonds. The number of ether oxygens (including phenoxy) is 1. The Balaban J connectivity index is 2.65. The molecule has 1 aromatic rings. The lowest BCUT2D eigenvalue weighted by atomic mass is 10.2. The van der Waals surface area contributed by atoms with E-state index in [0.29, 0.717) is 12.0 Å². The van der Waals surface area contributed by atoms with Crippen LogP contribution in [0.2, 0.25) is 0 Å². The molecule has 0 aliphatic heterocycles. The molecule has 0 bridgehead atoms. The molecule has 88 valence electrons. The first-order chi connectivity index (χ1) is 7.69. The van der Waals surface area contributed by atoms with Crippen LogP contribution in [0.1, 0.15) is 23.7 Å². The second-order valence-corrected chi connectivity index (χ2v) is 3.33. The number of pyridine rings is 1.